The number of carbonyl (C=O) groups is 1. The van der Waals surface area contributed by atoms with E-state index >= 15 is 0 Å². The lowest BCUT2D eigenvalue weighted by Gasteiger charge is -2.03. The summed E-state index contributed by atoms with van der Waals surface area (Å²) in [6.45, 7) is 0. The largest absolute Gasteiger partial charge is 0.397 e. The number of aromatic nitrogens is 1. The molecule has 19 heavy (non-hydrogen) atoms. The third-order valence-electron chi connectivity index (χ3n) is 2.84. The van der Waals surface area contributed by atoms with E-state index in [1.54, 1.807) is 24.3 Å². The highest BCUT2D eigenvalue weighted by Gasteiger charge is 2.13. The highest BCUT2D eigenvalue weighted by Crippen LogP contribution is 2.30. The molecular formula is C14H11N3OS. The Hall–Kier alpha value is -2.40. The van der Waals surface area contributed by atoms with Crippen LogP contribution in [0.3, 0.4) is 0 Å². The molecule has 0 unspecified atom stereocenters. The summed E-state index contributed by atoms with van der Waals surface area (Å²) in [4.78, 5) is 16.5. The molecule has 1 aromatic heterocycles. The topological polar surface area (TPSA) is 82.0 Å². The number of carbonyl (C=O) groups excluding carboxylic acids is 1. The zero-order chi connectivity index (χ0) is 13.4. The summed E-state index contributed by atoms with van der Waals surface area (Å²) in [5.74, 6) is -0.0545. The lowest BCUT2D eigenvalue weighted by Crippen LogP contribution is -2.02. The van der Waals surface area contributed by atoms with Gasteiger partial charge in [0.05, 0.1) is 10.4 Å². The fraction of sp³-hybridized carbons (Fsp3) is 0. The predicted octanol–water partition coefficient (Wildman–Crippen LogP) is 2.69. The van der Waals surface area contributed by atoms with Crippen molar-refractivity contribution in [3.63, 3.8) is 0 Å². The van der Waals surface area contributed by atoms with Gasteiger partial charge in [-0.2, -0.15) is 0 Å². The Kier molecular flexibility index (Phi) is 2.68. The van der Waals surface area contributed by atoms with Crippen molar-refractivity contribution in [2.24, 2.45) is 0 Å². The highest BCUT2D eigenvalue weighted by atomic mass is 32.1. The Morgan fingerprint density at radius 2 is 1.79 bits per heavy atom. The smallest absolute Gasteiger partial charge is 0.193 e. The first kappa shape index (κ1) is 11.7. The van der Waals surface area contributed by atoms with Crippen molar-refractivity contribution in [1.82, 2.24) is 4.98 Å². The number of nitrogen functional groups attached to an aromatic ring is 2. The van der Waals surface area contributed by atoms with Gasteiger partial charge in [0.25, 0.3) is 0 Å². The number of hydrogen-bond donors (Lipinski definition) is 2. The van der Waals surface area contributed by atoms with E-state index < -0.39 is 0 Å². The standard InChI is InChI=1S/C14H11N3OS/c15-10-6-9(7-11-12(10)17-14(16)19-11)13(18)8-4-2-1-3-5-8/h1-7H,15H2,(H2,16,17). The number of benzene rings is 2. The molecule has 4 nitrogen and oxygen atoms in total. The molecule has 0 saturated carbocycles. The van der Waals surface area contributed by atoms with Crippen molar-refractivity contribution in [2.75, 3.05) is 11.5 Å². The van der Waals surface area contributed by atoms with E-state index in [-0.39, 0.29) is 5.78 Å². The van der Waals surface area contributed by atoms with Gasteiger partial charge in [-0.05, 0) is 12.1 Å². The van der Waals surface area contributed by atoms with E-state index in [2.05, 4.69) is 4.98 Å². The average molecular weight is 269 g/mol. The normalized spacial score (nSPS) is 10.7. The fourth-order valence-electron chi connectivity index (χ4n) is 1.96. The Morgan fingerprint density at radius 3 is 2.53 bits per heavy atom. The first-order valence-corrected chi connectivity index (χ1v) is 6.52. The molecule has 0 aliphatic carbocycles. The van der Waals surface area contributed by atoms with Gasteiger partial charge >= 0.3 is 0 Å². The third kappa shape index (κ3) is 2.04. The van der Waals surface area contributed by atoms with Crippen molar-refractivity contribution in [2.45, 2.75) is 0 Å². The number of nitrogens with two attached hydrogens (primary N) is 2. The highest BCUT2D eigenvalue weighted by molar-refractivity contribution is 7.22. The molecule has 5 heteroatoms. The minimum Gasteiger partial charge on any atom is -0.397 e. The number of ketones is 1. The van der Waals surface area contributed by atoms with Gasteiger partial charge < -0.3 is 11.5 Å². The van der Waals surface area contributed by atoms with Crippen LogP contribution in [0.1, 0.15) is 15.9 Å². The van der Waals surface area contributed by atoms with Crippen LogP contribution in [-0.4, -0.2) is 10.8 Å². The lowest BCUT2D eigenvalue weighted by atomic mass is 10.0. The van der Waals surface area contributed by atoms with Crippen molar-refractivity contribution in [3.05, 3.63) is 53.6 Å². The molecule has 0 amide bonds. The van der Waals surface area contributed by atoms with Gasteiger partial charge in [0.1, 0.15) is 5.52 Å². The van der Waals surface area contributed by atoms with E-state index in [0.717, 1.165) is 4.70 Å². The van der Waals surface area contributed by atoms with Gasteiger partial charge in [0, 0.05) is 11.1 Å². The molecule has 3 aromatic rings. The number of rotatable bonds is 2. The Bertz CT molecular complexity index is 765. The van der Waals surface area contributed by atoms with Crippen molar-refractivity contribution in [1.29, 1.82) is 0 Å². The Balaban J connectivity index is 2.13. The second-order valence-electron chi connectivity index (χ2n) is 4.16. The third-order valence-corrected chi connectivity index (χ3v) is 3.67. The molecule has 4 N–H and O–H groups in total. The van der Waals surface area contributed by atoms with Crippen molar-refractivity contribution >= 4 is 38.2 Å². The second-order valence-corrected chi connectivity index (χ2v) is 5.22. The molecule has 2 aromatic carbocycles. The van der Waals surface area contributed by atoms with Gasteiger partial charge in [0.2, 0.25) is 0 Å². The summed E-state index contributed by atoms with van der Waals surface area (Å²) < 4.78 is 0.830. The van der Waals surface area contributed by atoms with E-state index in [1.165, 1.54) is 11.3 Å². The summed E-state index contributed by atoms with van der Waals surface area (Å²) in [6.07, 6.45) is 0. The molecular weight excluding hydrogens is 258 g/mol. The molecule has 3 rings (SSSR count). The van der Waals surface area contributed by atoms with Crippen LogP contribution in [0.25, 0.3) is 10.2 Å². The minimum atomic E-state index is -0.0545. The number of nitrogens with zero attached hydrogens (tertiary/aromatic N) is 1. The molecule has 0 radical (unpaired) electrons. The molecule has 0 aliphatic rings. The fourth-order valence-corrected chi connectivity index (χ4v) is 2.77. The van der Waals surface area contributed by atoms with E-state index in [4.69, 9.17) is 11.5 Å². The van der Waals surface area contributed by atoms with Crippen LogP contribution in [0.5, 0.6) is 0 Å². The van der Waals surface area contributed by atoms with Gasteiger partial charge in [-0.3, -0.25) is 4.79 Å². The first-order valence-electron chi connectivity index (χ1n) is 5.70. The maximum Gasteiger partial charge on any atom is 0.193 e. The predicted molar refractivity (Wildman–Crippen MR) is 78.3 cm³/mol. The van der Waals surface area contributed by atoms with Crippen LogP contribution >= 0.6 is 11.3 Å². The summed E-state index contributed by atoms with van der Waals surface area (Å²) in [7, 11) is 0. The zero-order valence-corrected chi connectivity index (χ0v) is 10.8. The zero-order valence-electron chi connectivity index (χ0n) is 9.96. The van der Waals surface area contributed by atoms with E-state index in [0.29, 0.717) is 27.5 Å². The van der Waals surface area contributed by atoms with Gasteiger partial charge in [-0.15, -0.1) is 0 Å². The molecule has 0 saturated heterocycles. The van der Waals surface area contributed by atoms with Gasteiger partial charge in [0.15, 0.2) is 10.9 Å². The summed E-state index contributed by atoms with van der Waals surface area (Å²) >= 11 is 1.33. The first-order chi connectivity index (χ1) is 9.15. The average Bonchev–Trinajstić information content (AvgIpc) is 2.80. The number of fused-ring (bicyclic) bond motifs is 1. The SMILES string of the molecule is Nc1nc2c(N)cc(C(=O)c3ccccc3)cc2s1. The van der Waals surface area contributed by atoms with Crippen LogP contribution in [0.4, 0.5) is 10.8 Å². The minimum absolute atomic E-state index is 0.0545. The molecule has 94 valence electrons. The van der Waals surface area contributed by atoms with E-state index in [9.17, 15) is 4.79 Å². The Labute approximate surface area is 113 Å². The van der Waals surface area contributed by atoms with Gasteiger partial charge in [-0.25, -0.2) is 4.98 Å². The Morgan fingerprint density at radius 1 is 1.05 bits per heavy atom. The maximum absolute atomic E-state index is 12.3. The molecule has 0 fully saturated rings. The molecule has 0 atom stereocenters. The van der Waals surface area contributed by atoms with Crippen molar-refractivity contribution < 1.29 is 4.79 Å². The van der Waals surface area contributed by atoms with Crippen LogP contribution < -0.4 is 11.5 Å². The lowest BCUT2D eigenvalue weighted by molar-refractivity contribution is 0.103. The number of anilines is 2. The quantitative estimate of drug-likeness (QED) is 0.553. The second kappa shape index (κ2) is 4.37. The summed E-state index contributed by atoms with van der Waals surface area (Å²) in [6, 6.07) is 12.5. The van der Waals surface area contributed by atoms with Crippen LogP contribution in [0, 0.1) is 0 Å². The van der Waals surface area contributed by atoms with Crippen LogP contribution in [-0.2, 0) is 0 Å². The monoisotopic (exact) mass is 269 g/mol. The van der Waals surface area contributed by atoms with Gasteiger partial charge in [-0.1, -0.05) is 41.7 Å². The number of thiazole rings is 1. The molecule has 0 aliphatic heterocycles. The maximum atomic E-state index is 12.3. The molecule has 0 bridgehead atoms. The van der Waals surface area contributed by atoms with Crippen LogP contribution in [0.2, 0.25) is 0 Å². The number of hydrogen-bond acceptors (Lipinski definition) is 5. The summed E-state index contributed by atoms with van der Waals surface area (Å²) in [5, 5.41) is 0.450. The van der Waals surface area contributed by atoms with E-state index in [1.807, 2.05) is 18.2 Å². The summed E-state index contributed by atoms with van der Waals surface area (Å²) in [5.41, 5.74) is 13.9. The van der Waals surface area contributed by atoms with Crippen LogP contribution in [0.15, 0.2) is 42.5 Å². The molecule has 1 heterocycles. The molecule has 0 spiro atoms. The van der Waals surface area contributed by atoms with Crippen molar-refractivity contribution in [3.8, 4) is 0 Å².